The molecule has 7 heteroatoms. The van der Waals surface area contributed by atoms with E-state index in [4.69, 9.17) is 10.7 Å². The maximum Gasteiger partial charge on any atom is 0.151 e. The van der Waals surface area contributed by atoms with Crippen LogP contribution in [-0.2, 0) is 7.05 Å². The lowest BCUT2D eigenvalue weighted by Crippen LogP contribution is -2.35. The van der Waals surface area contributed by atoms with Gasteiger partial charge in [0, 0.05) is 48.4 Å². The van der Waals surface area contributed by atoms with E-state index in [9.17, 15) is 4.39 Å². The zero-order valence-corrected chi connectivity index (χ0v) is 16.5. The summed E-state index contributed by atoms with van der Waals surface area (Å²) in [4.78, 5) is 8.14. The smallest absolute Gasteiger partial charge is 0.151 e. The van der Waals surface area contributed by atoms with Crippen LogP contribution in [0.1, 0.15) is 25.3 Å². The molecule has 27 heavy (non-hydrogen) atoms. The fraction of sp³-hybridized carbons (Fsp3) is 0.400. The fourth-order valence-corrected chi connectivity index (χ4v) is 4.48. The number of hydrogen-bond acceptors (Lipinski definition) is 5. The predicted molar refractivity (Wildman–Crippen MR) is 111 cm³/mol. The Balaban J connectivity index is 1.56. The molecule has 2 aromatic heterocycles. The van der Waals surface area contributed by atoms with Gasteiger partial charge in [-0.05, 0) is 43.1 Å². The Morgan fingerprint density at radius 3 is 2.85 bits per heavy atom. The Labute approximate surface area is 162 Å². The third-order valence-corrected chi connectivity index (χ3v) is 6.21. The van der Waals surface area contributed by atoms with Crippen LogP contribution in [0.3, 0.4) is 0 Å². The summed E-state index contributed by atoms with van der Waals surface area (Å²) in [5.74, 6) is -0.312. The number of rotatable bonds is 4. The molecule has 1 aromatic carbocycles. The first kappa shape index (κ1) is 18.1. The van der Waals surface area contributed by atoms with E-state index in [1.54, 1.807) is 11.7 Å². The monoisotopic (exact) mass is 385 g/mol. The summed E-state index contributed by atoms with van der Waals surface area (Å²) in [5.41, 5.74) is 8.33. The molecule has 4 rings (SSSR count). The number of nitrogens with two attached hydrogens (primary N) is 1. The number of aromatic nitrogens is 2. The zero-order valence-electron chi connectivity index (χ0n) is 15.7. The van der Waals surface area contributed by atoms with Gasteiger partial charge in [0.2, 0.25) is 0 Å². The van der Waals surface area contributed by atoms with E-state index in [-0.39, 0.29) is 5.82 Å². The van der Waals surface area contributed by atoms with Gasteiger partial charge in [0.05, 0.1) is 11.0 Å². The van der Waals surface area contributed by atoms with Gasteiger partial charge in [-0.15, -0.1) is 11.3 Å². The Morgan fingerprint density at radius 1 is 1.33 bits per heavy atom. The van der Waals surface area contributed by atoms with Gasteiger partial charge >= 0.3 is 0 Å². The third-order valence-electron chi connectivity index (χ3n) is 5.18. The van der Waals surface area contributed by atoms with Crippen LogP contribution in [0.4, 0.5) is 9.39 Å². The zero-order chi connectivity index (χ0) is 19.0. The van der Waals surface area contributed by atoms with Crippen LogP contribution in [0.2, 0.25) is 0 Å². The standard InChI is InChI=1S/C20H24FN5S/c1-3-26-6-4-16(5-7-26)23-11-14-10-18(27-20(14)22)13-8-15-12-25(2)24-19(15)17(21)9-13/h8-12,16H,3-7,22H2,1-2H3. The first-order valence-electron chi connectivity index (χ1n) is 9.31. The largest absolute Gasteiger partial charge is 0.390 e. The minimum Gasteiger partial charge on any atom is -0.390 e. The summed E-state index contributed by atoms with van der Waals surface area (Å²) in [7, 11) is 1.79. The molecule has 0 atom stereocenters. The molecule has 0 radical (unpaired) electrons. The number of halogens is 1. The van der Waals surface area contributed by atoms with E-state index in [0.29, 0.717) is 16.6 Å². The van der Waals surface area contributed by atoms with E-state index in [2.05, 4.69) is 16.9 Å². The lowest BCUT2D eigenvalue weighted by atomic mass is 10.1. The second-order valence-corrected chi connectivity index (χ2v) is 8.16. The van der Waals surface area contributed by atoms with Crippen molar-refractivity contribution in [3.8, 4) is 10.4 Å². The van der Waals surface area contributed by atoms with Crippen molar-refractivity contribution in [1.29, 1.82) is 0 Å². The summed E-state index contributed by atoms with van der Waals surface area (Å²) in [6, 6.07) is 5.85. The van der Waals surface area contributed by atoms with E-state index >= 15 is 0 Å². The van der Waals surface area contributed by atoms with Crippen LogP contribution in [0.25, 0.3) is 21.3 Å². The number of hydrogen-bond donors (Lipinski definition) is 1. The molecule has 0 amide bonds. The Kier molecular flexibility index (Phi) is 4.97. The molecule has 0 unspecified atom stereocenters. The highest BCUT2D eigenvalue weighted by molar-refractivity contribution is 7.19. The molecule has 3 heterocycles. The molecular weight excluding hydrogens is 361 g/mol. The first-order valence-corrected chi connectivity index (χ1v) is 10.1. The maximum absolute atomic E-state index is 14.4. The number of thiophene rings is 1. The number of nitrogens with zero attached hydrogens (tertiary/aromatic N) is 4. The number of piperidine rings is 1. The summed E-state index contributed by atoms with van der Waals surface area (Å²) in [6.07, 6.45) is 5.89. The minimum absolute atomic E-state index is 0.312. The average Bonchev–Trinajstić information content (AvgIpc) is 3.22. The summed E-state index contributed by atoms with van der Waals surface area (Å²) in [6.45, 7) is 5.51. The SMILES string of the molecule is CCN1CCC(N=Cc2cc(-c3cc(F)c4nn(C)cc4c3)sc2N)CC1. The van der Waals surface area contributed by atoms with Gasteiger partial charge in [0.15, 0.2) is 5.82 Å². The van der Waals surface area contributed by atoms with Crippen molar-refractivity contribution in [3.63, 3.8) is 0 Å². The molecular formula is C20H24FN5S. The molecule has 1 aliphatic rings. The van der Waals surface area contributed by atoms with Crippen molar-refractivity contribution in [2.24, 2.45) is 12.0 Å². The van der Waals surface area contributed by atoms with Crippen LogP contribution in [-0.4, -0.2) is 46.6 Å². The molecule has 0 saturated carbocycles. The van der Waals surface area contributed by atoms with E-state index < -0.39 is 0 Å². The third kappa shape index (κ3) is 3.75. The molecule has 2 N–H and O–H groups in total. The Morgan fingerprint density at radius 2 is 2.11 bits per heavy atom. The number of likely N-dealkylation sites (tertiary alicyclic amines) is 1. The Hall–Kier alpha value is -2.25. The van der Waals surface area contributed by atoms with Crippen molar-refractivity contribution in [2.45, 2.75) is 25.8 Å². The number of benzene rings is 1. The number of nitrogen functional groups attached to an aromatic ring is 1. The highest BCUT2D eigenvalue weighted by Gasteiger charge is 2.17. The highest BCUT2D eigenvalue weighted by atomic mass is 32.1. The summed E-state index contributed by atoms with van der Waals surface area (Å²) in [5, 5.41) is 5.66. The number of aryl methyl sites for hydroxylation is 1. The molecule has 0 spiro atoms. The number of aliphatic imine (C=N–C) groups is 1. The molecule has 0 aliphatic carbocycles. The van der Waals surface area contributed by atoms with E-state index in [0.717, 1.165) is 53.9 Å². The minimum atomic E-state index is -0.312. The Bertz CT molecular complexity index is 982. The van der Waals surface area contributed by atoms with Gasteiger partial charge in [-0.2, -0.15) is 5.10 Å². The van der Waals surface area contributed by atoms with Crippen molar-refractivity contribution >= 4 is 33.5 Å². The van der Waals surface area contributed by atoms with Gasteiger partial charge < -0.3 is 10.6 Å². The molecule has 1 saturated heterocycles. The molecule has 5 nitrogen and oxygen atoms in total. The average molecular weight is 386 g/mol. The van der Waals surface area contributed by atoms with Gasteiger partial charge in [0.25, 0.3) is 0 Å². The molecule has 142 valence electrons. The molecule has 1 fully saturated rings. The highest BCUT2D eigenvalue weighted by Crippen LogP contribution is 2.35. The van der Waals surface area contributed by atoms with Crippen LogP contribution in [0, 0.1) is 5.82 Å². The topological polar surface area (TPSA) is 59.4 Å². The number of anilines is 1. The van der Waals surface area contributed by atoms with Crippen molar-refractivity contribution < 1.29 is 4.39 Å². The van der Waals surface area contributed by atoms with Gasteiger partial charge in [0.1, 0.15) is 5.52 Å². The number of fused-ring (bicyclic) bond motifs is 1. The van der Waals surface area contributed by atoms with Crippen LogP contribution >= 0.6 is 11.3 Å². The lowest BCUT2D eigenvalue weighted by molar-refractivity contribution is 0.224. The van der Waals surface area contributed by atoms with Gasteiger partial charge in [-0.25, -0.2) is 4.39 Å². The van der Waals surface area contributed by atoms with E-state index in [1.165, 1.54) is 17.4 Å². The van der Waals surface area contributed by atoms with Crippen LogP contribution in [0.15, 0.2) is 29.4 Å². The van der Waals surface area contributed by atoms with Gasteiger partial charge in [-0.1, -0.05) is 6.92 Å². The summed E-state index contributed by atoms with van der Waals surface area (Å²) >= 11 is 1.47. The molecule has 1 aliphatic heterocycles. The van der Waals surface area contributed by atoms with Crippen LogP contribution < -0.4 is 5.73 Å². The van der Waals surface area contributed by atoms with Crippen LogP contribution in [0.5, 0.6) is 0 Å². The fourth-order valence-electron chi connectivity index (χ4n) is 3.59. The first-order chi connectivity index (χ1) is 13.0. The normalized spacial score (nSPS) is 16.7. The lowest BCUT2D eigenvalue weighted by Gasteiger charge is -2.28. The van der Waals surface area contributed by atoms with Crippen molar-refractivity contribution in [1.82, 2.24) is 14.7 Å². The van der Waals surface area contributed by atoms with Crippen molar-refractivity contribution in [2.75, 3.05) is 25.4 Å². The van der Waals surface area contributed by atoms with Gasteiger partial charge in [-0.3, -0.25) is 9.67 Å². The quantitative estimate of drug-likeness (QED) is 0.693. The predicted octanol–water partition coefficient (Wildman–Crippen LogP) is 3.93. The van der Waals surface area contributed by atoms with Crippen molar-refractivity contribution in [3.05, 3.63) is 35.8 Å². The molecule has 3 aromatic rings. The summed E-state index contributed by atoms with van der Waals surface area (Å²) < 4.78 is 16.0. The maximum atomic E-state index is 14.4. The molecule has 0 bridgehead atoms. The second-order valence-electron chi connectivity index (χ2n) is 7.07. The van der Waals surface area contributed by atoms with E-state index in [1.807, 2.05) is 24.5 Å². The second kappa shape index (κ2) is 7.40.